The number of nitrogens with zero attached hydrogens (tertiary/aromatic N) is 1. The van der Waals surface area contributed by atoms with Gasteiger partial charge in [0.1, 0.15) is 22.5 Å². The minimum atomic E-state index is -0.657. The second kappa shape index (κ2) is 15.3. The van der Waals surface area contributed by atoms with Gasteiger partial charge in [-0.2, -0.15) is 0 Å². The summed E-state index contributed by atoms with van der Waals surface area (Å²) in [4.78, 5) is 41.3. The molecule has 2 heterocycles. The number of carbonyl (C=O) groups excluding carboxylic acids is 3. The van der Waals surface area contributed by atoms with Crippen LogP contribution in [-0.2, 0) is 30.0 Å². The fourth-order valence-corrected chi connectivity index (χ4v) is 8.75. The number of carbonyl (C=O) groups is 3. The minimum absolute atomic E-state index is 0.0286. The Balaban J connectivity index is 1.22. The number of hydrogen-bond donors (Lipinski definition) is 2. The largest absolute Gasteiger partial charge is 0.496 e. The zero-order valence-corrected chi connectivity index (χ0v) is 32.7. The number of ether oxygens (including phenoxy) is 3. The second-order valence-corrected chi connectivity index (χ2v) is 18.0. The molecule has 0 spiro atoms. The molecule has 2 aliphatic heterocycles. The van der Waals surface area contributed by atoms with E-state index in [1.54, 1.807) is 13.2 Å². The molecule has 3 aliphatic carbocycles. The molecule has 6 rings (SSSR count). The number of nitrogens with one attached hydrogen (secondary N) is 2. The quantitative estimate of drug-likeness (QED) is 0.154. The first-order valence-corrected chi connectivity index (χ1v) is 19.0. The smallest absolute Gasteiger partial charge is 0.482 e. The normalized spacial score (nSPS) is 26.8. The molecule has 11 nitrogen and oxygen atoms in total. The SMILES string of the molecule is COc1c(CC(NC(=O)CC2CCN(CCCNC(=O)OC(C)(C)C)CC2)B2OC3CC4CC(C4(C)C)C3(C)O2)cccc1C(=O)OC(C)(C)C. The highest BCUT2D eigenvalue weighted by Gasteiger charge is 2.68. The maximum Gasteiger partial charge on any atom is 0.482 e. The summed E-state index contributed by atoms with van der Waals surface area (Å²) in [5.41, 5.74) is -0.282. The van der Waals surface area contributed by atoms with Gasteiger partial charge in [0.2, 0.25) is 5.91 Å². The molecule has 12 heteroatoms. The van der Waals surface area contributed by atoms with Crippen molar-refractivity contribution in [1.29, 1.82) is 0 Å². The lowest BCUT2D eigenvalue weighted by Crippen LogP contribution is -2.65. The van der Waals surface area contributed by atoms with Crippen molar-refractivity contribution in [3.63, 3.8) is 0 Å². The maximum atomic E-state index is 13.8. The standard InChI is InChI=1S/C39H62BN3O8/c1-36(2,3)48-34(45)28-14-11-13-26(33(28)47-10)22-31(40-50-30-24-27-23-29(38(27,7)8)39(30,9)51-40)42-32(44)21-25-15-19-43(20-16-25)18-12-17-41-35(46)49-37(4,5)6/h11,13-14,25,27,29-31H,12,15-24H2,1-10H3,(H,41,46)(H,42,44). The molecule has 2 bridgehead atoms. The van der Waals surface area contributed by atoms with Crippen LogP contribution >= 0.6 is 0 Å². The number of methoxy groups -OCH3 is 1. The molecule has 0 radical (unpaired) electrons. The third-order valence-corrected chi connectivity index (χ3v) is 11.5. The molecule has 51 heavy (non-hydrogen) atoms. The molecular weight excluding hydrogens is 649 g/mol. The van der Waals surface area contributed by atoms with E-state index in [1.165, 1.54) is 0 Å². The number of alkyl carbamates (subject to hydrolysis) is 1. The van der Waals surface area contributed by atoms with Crippen molar-refractivity contribution in [2.75, 3.05) is 33.3 Å². The van der Waals surface area contributed by atoms with E-state index in [1.807, 2.05) is 53.7 Å². The van der Waals surface area contributed by atoms with E-state index in [2.05, 4.69) is 36.3 Å². The molecule has 0 aromatic heterocycles. The zero-order chi connectivity index (χ0) is 37.4. The van der Waals surface area contributed by atoms with E-state index in [4.69, 9.17) is 23.5 Å². The predicted octanol–water partition coefficient (Wildman–Crippen LogP) is 5.96. The Morgan fingerprint density at radius 3 is 2.33 bits per heavy atom. The lowest BCUT2D eigenvalue weighted by atomic mass is 9.43. The van der Waals surface area contributed by atoms with E-state index < -0.39 is 35.8 Å². The molecular formula is C39H62BN3O8. The van der Waals surface area contributed by atoms with Gasteiger partial charge in [-0.25, -0.2) is 9.59 Å². The maximum absolute atomic E-state index is 13.8. The van der Waals surface area contributed by atoms with Gasteiger partial charge >= 0.3 is 19.2 Å². The van der Waals surface area contributed by atoms with Crippen LogP contribution in [0.1, 0.15) is 117 Å². The van der Waals surface area contributed by atoms with Gasteiger partial charge in [-0.1, -0.05) is 26.0 Å². The van der Waals surface area contributed by atoms with Gasteiger partial charge in [0.05, 0.1) is 24.8 Å². The van der Waals surface area contributed by atoms with Crippen LogP contribution in [0.5, 0.6) is 5.75 Å². The molecule has 2 amide bonds. The Kier molecular flexibility index (Phi) is 11.8. The zero-order valence-electron chi connectivity index (χ0n) is 32.7. The van der Waals surface area contributed by atoms with Crippen LogP contribution in [-0.4, -0.2) is 92.1 Å². The van der Waals surface area contributed by atoms with Crippen molar-refractivity contribution in [3.8, 4) is 5.75 Å². The Labute approximate surface area is 305 Å². The topological polar surface area (TPSA) is 125 Å². The molecule has 5 aliphatic rings. The second-order valence-electron chi connectivity index (χ2n) is 18.0. The number of likely N-dealkylation sites (tertiary alicyclic amines) is 1. The van der Waals surface area contributed by atoms with Crippen LogP contribution < -0.4 is 15.4 Å². The van der Waals surface area contributed by atoms with Gasteiger partial charge in [-0.15, -0.1) is 0 Å². The van der Waals surface area contributed by atoms with Crippen LogP contribution in [0.3, 0.4) is 0 Å². The van der Waals surface area contributed by atoms with E-state index in [0.29, 0.717) is 42.5 Å². The third-order valence-electron chi connectivity index (χ3n) is 11.5. The number of esters is 1. The van der Waals surface area contributed by atoms with Gasteiger partial charge in [-0.05, 0) is 141 Å². The summed E-state index contributed by atoms with van der Waals surface area (Å²) in [5, 5.41) is 6.15. The molecule has 5 atom stereocenters. The Morgan fingerprint density at radius 1 is 1.02 bits per heavy atom. The fourth-order valence-electron chi connectivity index (χ4n) is 8.75. The van der Waals surface area contributed by atoms with Gasteiger partial charge in [0, 0.05) is 13.0 Å². The highest BCUT2D eigenvalue weighted by molar-refractivity contribution is 6.48. The van der Waals surface area contributed by atoms with Crippen molar-refractivity contribution >= 4 is 25.1 Å². The molecule has 5 unspecified atom stereocenters. The Hall–Kier alpha value is -2.83. The summed E-state index contributed by atoms with van der Waals surface area (Å²) < 4.78 is 30.4. The number of hydrogen-bond acceptors (Lipinski definition) is 9. The van der Waals surface area contributed by atoms with E-state index in [0.717, 1.165) is 57.3 Å². The van der Waals surface area contributed by atoms with Crippen LogP contribution in [0.4, 0.5) is 4.79 Å². The van der Waals surface area contributed by atoms with Crippen LogP contribution in [0.25, 0.3) is 0 Å². The molecule has 1 aromatic rings. The summed E-state index contributed by atoms with van der Waals surface area (Å²) >= 11 is 0. The summed E-state index contributed by atoms with van der Waals surface area (Å²) in [6.45, 7) is 21.2. The first-order chi connectivity index (χ1) is 23.8. The molecule has 2 N–H and O–H groups in total. The number of rotatable bonds is 12. The monoisotopic (exact) mass is 711 g/mol. The van der Waals surface area contributed by atoms with Gasteiger partial charge in [0.25, 0.3) is 0 Å². The number of benzene rings is 1. The minimum Gasteiger partial charge on any atom is -0.496 e. The van der Waals surface area contributed by atoms with Gasteiger partial charge in [0.15, 0.2) is 0 Å². The predicted molar refractivity (Wildman–Crippen MR) is 197 cm³/mol. The van der Waals surface area contributed by atoms with Crippen LogP contribution in [0, 0.1) is 23.2 Å². The lowest BCUT2D eigenvalue weighted by Gasteiger charge is -2.64. The fraction of sp³-hybridized carbons (Fsp3) is 0.769. The van der Waals surface area contributed by atoms with E-state index >= 15 is 0 Å². The number of piperidine rings is 1. The molecule has 5 fully saturated rings. The van der Waals surface area contributed by atoms with Crippen molar-refractivity contribution in [2.45, 2.75) is 136 Å². The van der Waals surface area contributed by atoms with Gasteiger partial charge < -0.3 is 39.1 Å². The summed E-state index contributed by atoms with van der Waals surface area (Å²) in [6.07, 6.45) is 5.15. The highest BCUT2D eigenvalue weighted by atomic mass is 16.7. The van der Waals surface area contributed by atoms with Crippen molar-refractivity contribution in [2.24, 2.45) is 23.2 Å². The Morgan fingerprint density at radius 2 is 1.71 bits per heavy atom. The van der Waals surface area contributed by atoms with Crippen LogP contribution in [0.15, 0.2) is 18.2 Å². The number of amides is 2. The third kappa shape index (κ3) is 9.41. The van der Waals surface area contributed by atoms with E-state index in [-0.39, 0.29) is 29.4 Å². The summed E-state index contributed by atoms with van der Waals surface area (Å²) in [5.74, 6) is 0.725. The van der Waals surface area contributed by atoms with Crippen LogP contribution in [0.2, 0.25) is 0 Å². The van der Waals surface area contributed by atoms with Crippen molar-refractivity contribution in [1.82, 2.24) is 15.5 Å². The summed E-state index contributed by atoms with van der Waals surface area (Å²) in [7, 11) is 0.919. The lowest BCUT2D eigenvalue weighted by molar-refractivity contribution is -0.199. The van der Waals surface area contributed by atoms with Gasteiger partial charge in [-0.3, -0.25) is 4.79 Å². The average Bonchev–Trinajstić information content (AvgIpc) is 3.39. The first kappa shape index (κ1) is 39.4. The molecule has 284 valence electrons. The average molecular weight is 712 g/mol. The molecule has 3 saturated carbocycles. The Bertz CT molecular complexity index is 1420. The van der Waals surface area contributed by atoms with E-state index in [9.17, 15) is 14.4 Å². The number of para-hydroxylation sites is 1. The summed E-state index contributed by atoms with van der Waals surface area (Å²) in [6, 6.07) is 5.46. The molecule has 1 aromatic carbocycles. The first-order valence-electron chi connectivity index (χ1n) is 19.0. The molecule has 2 saturated heterocycles. The highest BCUT2D eigenvalue weighted by Crippen LogP contribution is 2.65. The van der Waals surface area contributed by atoms with Crippen molar-refractivity contribution < 1.29 is 37.9 Å². The van der Waals surface area contributed by atoms with Crippen molar-refractivity contribution in [3.05, 3.63) is 29.3 Å².